The third-order valence-electron chi connectivity index (χ3n) is 5.59. The number of piperidine rings is 1. The van der Waals surface area contributed by atoms with Gasteiger partial charge in [0, 0.05) is 57.5 Å². The second-order valence-corrected chi connectivity index (χ2v) is 8.12. The molecule has 2 saturated heterocycles. The molecule has 0 bridgehead atoms. The molecule has 1 aromatic carbocycles. The first-order chi connectivity index (χ1) is 14.1. The predicted molar refractivity (Wildman–Crippen MR) is 133 cm³/mol. The van der Waals surface area contributed by atoms with Crippen molar-refractivity contribution in [2.75, 3.05) is 63.9 Å². The molecule has 1 atom stereocenters. The first kappa shape index (κ1) is 25.1. The van der Waals surface area contributed by atoms with Gasteiger partial charge >= 0.3 is 0 Å². The summed E-state index contributed by atoms with van der Waals surface area (Å²) in [4.78, 5) is 9.56. The third kappa shape index (κ3) is 8.19. The van der Waals surface area contributed by atoms with Crippen LogP contribution in [0.5, 0.6) is 0 Å². The summed E-state index contributed by atoms with van der Waals surface area (Å²) in [6.45, 7) is 12.7. The van der Waals surface area contributed by atoms with E-state index in [0.29, 0.717) is 12.0 Å². The van der Waals surface area contributed by atoms with Crippen LogP contribution in [0.4, 0.5) is 10.1 Å². The molecule has 2 aliphatic rings. The number of nitrogens with one attached hydrogen (secondary N) is 2. The van der Waals surface area contributed by atoms with Crippen molar-refractivity contribution in [3.8, 4) is 0 Å². The van der Waals surface area contributed by atoms with Crippen LogP contribution in [0.2, 0.25) is 0 Å². The van der Waals surface area contributed by atoms with Gasteiger partial charge in [0.2, 0.25) is 0 Å². The van der Waals surface area contributed by atoms with Crippen LogP contribution in [0.25, 0.3) is 0 Å². The van der Waals surface area contributed by atoms with Crippen molar-refractivity contribution >= 4 is 35.6 Å². The summed E-state index contributed by atoms with van der Waals surface area (Å²) in [5.41, 5.74) is 0.973. The van der Waals surface area contributed by atoms with Crippen LogP contribution < -0.4 is 15.5 Å². The third-order valence-corrected chi connectivity index (χ3v) is 5.59. The molecule has 2 heterocycles. The Morgan fingerprint density at radius 3 is 2.63 bits per heavy atom. The van der Waals surface area contributed by atoms with Gasteiger partial charge in [-0.1, -0.05) is 13.0 Å². The number of hydrogen-bond donors (Lipinski definition) is 2. The average molecular weight is 533 g/mol. The fourth-order valence-electron chi connectivity index (χ4n) is 4.00. The van der Waals surface area contributed by atoms with Gasteiger partial charge in [-0.05, 0) is 43.9 Å². The quantitative estimate of drug-likeness (QED) is 0.321. The summed E-state index contributed by atoms with van der Waals surface area (Å²) in [6.07, 6.45) is 2.04. The summed E-state index contributed by atoms with van der Waals surface area (Å²) in [7, 11) is 0. The Balaban J connectivity index is 0.00000320. The Morgan fingerprint density at radius 2 is 1.97 bits per heavy atom. The maximum absolute atomic E-state index is 13.5. The SMILES string of the molecule is CCNC(=NCC(C)CN1CCOCC1)NC1CCN(c2cccc(F)c2)CC1.I. The highest BCUT2D eigenvalue weighted by molar-refractivity contribution is 14.0. The lowest BCUT2D eigenvalue weighted by molar-refractivity contribution is 0.0323. The summed E-state index contributed by atoms with van der Waals surface area (Å²) >= 11 is 0. The van der Waals surface area contributed by atoms with Crippen LogP contribution >= 0.6 is 24.0 Å². The standard InChI is InChI=1S/C22H36FN5O.HI/c1-3-24-22(25-16-18(2)17-27-11-13-29-14-12-27)26-20-7-9-28(10-8-20)21-6-4-5-19(23)15-21;/h4-6,15,18,20H,3,7-14,16-17H2,1-2H3,(H2,24,25,26);1H. The number of ether oxygens (including phenoxy) is 1. The molecule has 0 saturated carbocycles. The van der Waals surface area contributed by atoms with Crippen molar-refractivity contribution in [3.05, 3.63) is 30.1 Å². The van der Waals surface area contributed by atoms with Gasteiger partial charge in [0.25, 0.3) is 0 Å². The van der Waals surface area contributed by atoms with E-state index in [0.717, 1.165) is 83.5 Å². The molecular weight excluding hydrogens is 496 g/mol. The van der Waals surface area contributed by atoms with Gasteiger partial charge in [0.1, 0.15) is 5.82 Å². The second kappa shape index (κ2) is 13.3. The van der Waals surface area contributed by atoms with E-state index in [-0.39, 0.29) is 29.8 Å². The molecule has 2 N–H and O–H groups in total. The Morgan fingerprint density at radius 1 is 1.23 bits per heavy atom. The Labute approximate surface area is 197 Å². The number of anilines is 1. The number of halogens is 2. The Hall–Kier alpha value is -1.13. The van der Waals surface area contributed by atoms with Gasteiger partial charge in [-0.2, -0.15) is 0 Å². The molecular formula is C22H37FIN5O. The first-order valence-corrected chi connectivity index (χ1v) is 11.0. The number of aliphatic imine (C=N–C) groups is 1. The normalized spacial score (nSPS) is 19.8. The van der Waals surface area contributed by atoms with Crippen LogP contribution in [0, 0.1) is 11.7 Å². The maximum Gasteiger partial charge on any atom is 0.191 e. The predicted octanol–water partition coefficient (Wildman–Crippen LogP) is 2.94. The minimum Gasteiger partial charge on any atom is -0.379 e. The lowest BCUT2D eigenvalue weighted by Gasteiger charge is -2.34. The smallest absolute Gasteiger partial charge is 0.191 e. The van der Waals surface area contributed by atoms with E-state index < -0.39 is 0 Å². The highest BCUT2D eigenvalue weighted by atomic mass is 127. The zero-order valence-corrected chi connectivity index (χ0v) is 20.6. The molecule has 170 valence electrons. The summed E-state index contributed by atoms with van der Waals surface area (Å²) < 4.78 is 18.9. The molecule has 3 rings (SSSR count). The highest BCUT2D eigenvalue weighted by Crippen LogP contribution is 2.20. The van der Waals surface area contributed by atoms with Gasteiger partial charge in [-0.15, -0.1) is 24.0 Å². The number of morpholine rings is 1. The van der Waals surface area contributed by atoms with Crippen molar-refractivity contribution in [2.24, 2.45) is 10.9 Å². The molecule has 2 aliphatic heterocycles. The van der Waals surface area contributed by atoms with E-state index in [2.05, 4.69) is 34.3 Å². The Bertz CT molecular complexity index is 648. The molecule has 0 spiro atoms. The maximum atomic E-state index is 13.5. The van der Waals surface area contributed by atoms with Gasteiger partial charge in [-0.3, -0.25) is 9.89 Å². The summed E-state index contributed by atoms with van der Waals surface area (Å²) in [6, 6.07) is 7.28. The minimum absolute atomic E-state index is 0. The summed E-state index contributed by atoms with van der Waals surface area (Å²) in [5.74, 6) is 1.25. The zero-order chi connectivity index (χ0) is 20.5. The topological polar surface area (TPSA) is 52.1 Å². The Kier molecular flexibility index (Phi) is 11.2. The molecule has 6 nitrogen and oxygen atoms in total. The van der Waals surface area contributed by atoms with E-state index in [1.54, 1.807) is 12.1 Å². The van der Waals surface area contributed by atoms with Crippen LogP contribution in [-0.2, 0) is 4.74 Å². The lowest BCUT2D eigenvalue weighted by Crippen LogP contribution is -2.49. The molecule has 2 fully saturated rings. The molecule has 0 aromatic heterocycles. The molecule has 1 aromatic rings. The molecule has 0 amide bonds. The number of hydrogen-bond acceptors (Lipinski definition) is 4. The molecule has 30 heavy (non-hydrogen) atoms. The highest BCUT2D eigenvalue weighted by Gasteiger charge is 2.21. The minimum atomic E-state index is -0.171. The van der Waals surface area contributed by atoms with Crippen LogP contribution in [-0.4, -0.2) is 75.9 Å². The van der Waals surface area contributed by atoms with E-state index in [1.165, 1.54) is 6.07 Å². The monoisotopic (exact) mass is 533 g/mol. The fourth-order valence-corrected chi connectivity index (χ4v) is 4.00. The van der Waals surface area contributed by atoms with E-state index in [9.17, 15) is 4.39 Å². The fraction of sp³-hybridized carbons (Fsp3) is 0.682. The van der Waals surface area contributed by atoms with Crippen LogP contribution in [0.1, 0.15) is 26.7 Å². The van der Waals surface area contributed by atoms with Crippen LogP contribution in [0.15, 0.2) is 29.3 Å². The van der Waals surface area contributed by atoms with Gasteiger partial charge in [0.15, 0.2) is 5.96 Å². The zero-order valence-electron chi connectivity index (χ0n) is 18.3. The lowest BCUT2D eigenvalue weighted by atomic mass is 10.0. The van der Waals surface area contributed by atoms with E-state index in [4.69, 9.17) is 9.73 Å². The van der Waals surface area contributed by atoms with Gasteiger partial charge in [0.05, 0.1) is 13.2 Å². The van der Waals surface area contributed by atoms with E-state index in [1.807, 2.05) is 6.07 Å². The molecule has 8 heteroatoms. The number of rotatable bonds is 7. The second-order valence-electron chi connectivity index (χ2n) is 8.12. The molecule has 0 aliphatic carbocycles. The van der Waals surface area contributed by atoms with Gasteiger partial charge < -0.3 is 20.3 Å². The van der Waals surface area contributed by atoms with Crippen molar-refractivity contribution in [2.45, 2.75) is 32.7 Å². The van der Waals surface area contributed by atoms with Crippen molar-refractivity contribution in [3.63, 3.8) is 0 Å². The van der Waals surface area contributed by atoms with Crippen molar-refractivity contribution in [1.82, 2.24) is 15.5 Å². The van der Waals surface area contributed by atoms with Crippen molar-refractivity contribution < 1.29 is 9.13 Å². The number of benzene rings is 1. The van der Waals surface area contributed by atoms with Gasteiger partial charge in [-0.25, -0.2) is 4.39 Å². The average Bonchev–Trinajstić information content (AvgIpc) is 2.73. The largest absolute Gasteiger partial charge is 0.379 e. The summed E-state index contributed by atoms with van der Waals surface area (Å²) in [5, 5.41) is 6.99. The molecule has 0 radical (unpaired) electrons. The number of guanidine groups is 1. The first-order valence-electron chi connectivity index (χ1n) is 11.0. The number of nitrogens with zero attached hydrogens (tertiary/aromatic N) is 3. The molecule has 1 unspecified atom stereocenters. The van der Waals surface area contributed by atoms with Crippen LogP contribution in [0.3, 0.4) is 0 Å². The van der Waals surface area contributed by atoms with Crippen molar-refractivity contribution in [1.29, 1.82) is 0 Å². The van der Waals surface area contributed by atoms with E-state index >= 15 is 0 Å².